The topological polar surface area (TPSA) is 83.4 Å². The number of rotatable bonds is 6. The normalized spacial score (nSPS) is 17.0. The SMILES string of the molecule is CCOc1cc2c(c3c1OC(C)(C)C3)C(c1ccc(C=CC(=O)OC)c(C(=O)OC)c1)=NC(C)(C)C2. The fourth-order valence-corrected chi connectivity index (χ4v) is 4.90. The van der Waals surface area contributed by atoms with Crippen LogP contribution in [-0.4, -0.2) is 49.6 Å². The molecule has 0 spiro atoms. The first-order chi connectivity index (χ1) is 17.0. The maximum Gasteiger partial charge on any atom is 0.338 e. The van der Waals surface area contributed by atoms with Crippen molar-refractivity contribution in [2.45, 2.75) is 58.6 Å². The van der Waals surface area contributed by atoms with Crippen molar-refractivity contribution >= 4 is 23.7 Å². The highest BCUT2D eigenvalue weighted by molar-refractivity contribution is 6.17. The van der Waals surface area contributed by atoms with E-state index in [9.17, 15) is 9.59 Å². The lowest BCUT2D eigenvalue weighted by Crippen LogP contribution is -2.31. The first-order valence-electron chi connectivity index (χ1n) is 12.1. The quantitative estimate of drug-likeness (QED) is 0.420. The number of ether oxygens (including phenoxy) is 4. The molecule has 0 atom stereocenters. The average molecular weight is 492 g/mol. The van der Waals surface area contributed by atoms with E-state index in [2.05, 4.69) is 38.5 Å². The van der Waals surface area contributed by atoms with Gasteiger partial charge in [-0.05, 0) is 70.4 Å². The maximum atomic E-state index is 12.7. The first kappa shape index (κ1) is 25.5. The van der Waals surface area contributed by atoms with Gasteiger partial charge in [0.25, 0.3) is 0 Å². The van der Waals surface area contributed by atoms with Crippen LogP contribution in [0.1, 0.15) is 72.8 Å². The molecule has 7 nitrogen and oxygen atoms in total. The number of aliphatic imine (C=N–C) groups is 1. The minimum absolute atomic E-state index is 0.335. The van der Waals surface area contributed by atoms with Crippen molar-refractivity contribution in [1.29, 1.82) is 0 Å². The van der Waals surface area contributed by atoms with E-state index in [1.165, 1.54) is 20.3 Å². The van der Waals surface area contributed by atoms with Gasteiger partial charge in [0.2, 0.25) is 0 Å². The van der Waals surface area contributed by atoms with Crippen LogP contribution in [0.25, 0.3) is 6.08 Å². The maximum absolute atomic E-state index is 12.7. The Morgan fingerprint density at radius 3 is 2.50 bits per heavy atom. The molecule has 0 fully saturated rings. The van der Waals surface area contributed by atoms with Gasteiger partial charge in [-0.25, -0.2) is 9.59 Å². The molecule has 0 amide bonds. The number of fused-ring (bicyclic) bond motifs is 3. The summed E-state index contributed by atoms with van der Waals surface area (Å²) in [6.07, 6.45) is 4.29. The predicted octanol–water partition coefficient (Wildman–Crippen LogP) is 4.94. The van der Waals surface area contributed by atoms with Crippen LogP contribution in [0.5, 0.6) is 11.5 Å². The molecule has 2 aliphatic heterocycles. The number of benzene rings is 2. The Bertz CT molecular complexity index is 1290. The monoisotopic (exact) mass is 491 g/mol. The summed E-state index contributed by atoms with van der Waals surface area (Å²) in [6.45, 7) is 10.8. The fourth-order valence-electron chi connectivity index (χ4n) is 4.90. The lowest BCUT2D eigenvalue weighted by Gasteiger charge is -2.31. The molecule has 7 heteroatoms. The predicted molar refractivity (Wildman–Crippen MR) is 138 cm³/mol. The van der Waals surface area contributed by atoms with Crippen molar-refractivity contribution in [3.05, 3.63) is 63.7 Å². The first-order valence-corrected chi connectivity index (χ1v) is 12.1. The third-order valence-corrected chi connectivity index (χ3v) is 6.31. The number of methoxy groups -OCH3 is 2. The molecule has 0 radical (unpaired) electrons. The molecule has 0 unspecified atom stereocenters. The summed E-state index contributed by atoms with van der Waals surface area (Å²) < 4.78 is 22.0. The summed E-state index contributed by atoms with van der Waals surface area (Å²) in [5.41, 5.74) is 4.99. The Balaban J connectivity index is 1.92. The van der Waals surface area contributed by atoms with Crippen LogP contribution in [0.2, 0.25) is 0 Å². The van der Waals surface area contributed by atoms with Crippen LogP contribution in [-0.2, 0) is 27.1 Å². The highest BCUT2D eigenvalue weighted by Crippen LogP contribution is 2.48. The fraction of sp³-hybridized carbons (Fsp3) is 0.414. The molecule has 0 aromatic heterocycles. The van der Waals surface area contributed by atoms with Crippen LogP contribution in [0, 0.1) is 0 Å². The second kappa shape index (κ2) is 9.45. The van der Waals surface area contributed by atoms with Crippen LogP contribution >= 0.6 is 0 Å². The van der Waals surface area contributed by atoms with Gasteiger partial charge in [-0.15, -0.1) is 0 Å². The molecular weight excluding hydrogens is 458 g/mol. The van der Waals surface area contributed by atoms with Crippen molar-refractivity contribution in [1.82, 2.24) is 0 Å². The molecule has 190 valence electrons. The van der Waals surface area contributed by atoms with E-state index in [1.54, 1.807) is 18.2 Å². The van der Waals surface area contributed by atoms with E-state index in [-0.39, 0.29) is 11.1 Å². The Hall–Kier alpha value is -3.61. The Kier molecular flexibility index (Phi) is 6.69. The molecule has 0 bridgehead atoms. The number of esters is 2. The Morgan fingerprint density at radius 2 is 1.83 bits per heavy atom. The van der Waals surface area contributed by atoms with E-state index in [4.69, 9.17) is 19.2 Å². The highest BCUT2D eigenvalue weighted by atomic mass is 16.5. The summed E-state index contributed by atoms with van der Waals surface area (Å²) in [7, 11) is 2.64. The second-order valence-electron chi connectivity index (χ2n) is 10.3. The molecule has 0 N–H and O–H groups in total. The Labute approximate surface area is 212 Å². The van der Waals surface area contributed by atoms with Crippen molar-refractivity contribution in [2.24, 2.45) is 4.99 Å². The van der Waals surface area contributed by atoms with Gasteiger partial charge in [0.15, 0.2) is 11.5 Å². The minimum Gasteiger partial charge on any atom is -0.490 e. The lowest BCUT2D eigenvalue weighted by molar-refractivity contribution is -0.134. The van der Waals surface area contributed by atoms with Crippen LogP contribution in [0.15, 0.2) is 35.3 Å². The zero-order valence-corrected chi connectivity index (χ0v) is 22.0. The molecule has 0 aliphatic carbocycles. The van der Waals surface area contributed by atoms with Crippen molar-refractivity contribution in [3.8, 4) is 11.5 Å². The number of carbonyl (C=O) groups is 2. The van der Waals surface area contributed by atoms with Crippen molar-refractivity contribution in [3.63, 3.8) is 0 Å². The van der Waals surface area contributed by atoms with Gasteiger partial charge < -0.3 is 18.9 Å². The third kappa shape index (κ3) is 4.87. The zero-order valence-electron chi connectivity index (χ0n) is 22.0. The van der Waals surface area contributed by atoms with Gasteiger partial charge in [-0.1, -0.05) is 12.1 Å². The number of hydrogen-bond donors (Lipinski definition) is 0. The summed E-state index contributed by atoms with van der Waals surface area (Å²) >= 11 is 0. The van der Waals surface area contributed by atoms with Gasteiger partial charge >= 0.3 is 11.9 Å². The summed E-state index contributed by atoms with van der Waals surface area (Å²) in [4.78, 5) is 29.5. The molecule has 2 aromatic carbocycles. The van der Waals surface area contributed by atoms with Gasteiger partial charge in [-0.2, -0.15) is 0 Å². The largest absolute Gasteiger partial charge is 0.490 e. The number of nitrogens with zero attached hydrogens (tertiary/aromatic N) is 1. The summed E-state index contributed by atoms with van der Waals surface area (Å²) in [5.74, 6) is 0.510. The Morgan fingerprint density at radius 1 is 1.08 bits per heavy atom. The molecule has 0 saturated heterocycles. The van der Waals surface area contributed by atoms with E-state index >= 15 is 0 Å². The van der Waals surface area contributed by atoms with E-state index in [0.717, 1.165) is 52.3 Å². The van der Waals surface area contributed by atoms with Gasteiger partial charge in [-0.3, -0.25) is 4.99 Å². The van der Waals surface area contributed by atoms with Crippen molar-refractivity contribution in [2.75, 3.05) is 20.8 Å². The van der Waals surface area contributed by atoms with Crippen LogP contribution in [0.4, 0.5) is 0 Å². The lowest BCUT2D eigenvalue weighted by atomic mass is 9.80. The van der Waals surface area contributed by atoms with E-state index in [1.807, 2.05) is 13.0 Å². The summed E-state index contributed by atoms with van der Waals surface area (Å²) in [5, 5.41) is 0. The van der Waals surface area contributed by atoms with Crippen LogP contribution < -0.4 is 9.47 Å². The van der Waals surface area contributed by atoms with Gasteiger partial charge in [0, 0.05) is 29.2 Å². The number of carbonyl (C=O) groups excluding carboxylic acids is 2. The molecule has 36 heavy (non-hydrogen) atoms. The van der Waals surface area contributed by atoms with Gasteiger partial charge in [0.1, 0.15) is 5.60 Å². The van der Waals surface area contributed by atoms with E-state index in [0.29, 0.717) is 17.7 Å². The average Bonchev–Trinajstić information content (AvgIpc) is 3.16. The smallest absolute Gasteiger partial charge is 0.338 e. The molecular formula is C29H33NO6. The molecule has 2 aliphatic rings. The molecule has 2 heterocycles. The van der Waals surface area contributed by atoms with E-state index < -0.39 is 11.9 Å². The minimum atomic E-state index is -0.509. The van der Waals surface area contributed by atoms with Gasteiger partial charge in [0.05, 0.1) is 37.6 Å². The molecule has 4 rings (SSSR count). The summed E-state index contributed by atoms with van der Waals surface area (Å²) in [6, 6.07) is 7.55. The zero-order chi connectivity index (χ0) is 26.3. The molecule has 0 saturated carbocycles. The standard InChI is InChI=1S/C29H33NO6/c1-8-35-22-14-19-15-28(2,3)30-25(24(19)21-16-29(4,5)36-26(21)22)18-10-9-17(11-12-23(31)33-6)20(13-18)27(32)34-7/h9-14H,8,15-16H2,1-7H3. The second-order valence-corrected chi connectivity index (χ2v) is 10.3. The van der Waals surface area contributed by atoms with Crippen molar-refractivity contribution < 1.29 is 28.5 Å². The third-order valence-electron chi connectivity index (χ3n) is 6.31. The van der Waals surface area contributed by atoms with Crippen LogP contribution in [0.3, 0.4) is 0 Å². The highest BCUT2D eigenvalue weighted by Gasteiger charge is 2.40. The molecule has 2 aromatic rings. The number of hydrogen-bond acceptors (Lipinski definition) is 7.